The van der Waals surface area contributed by atoms with Gasteiger partial charge in [0.1, 0.15) is 18.3 Å². The summed E-state index contributed by atoms with van der Waals surface area (Å²) in [6, 6.07) is 0. The van der Waals surface area contributed by atoms with E-state index in [1.807, 2.05) is 34.6 Å². The number of hydrogen-bond acceptors (Lipinski definition) is 4. The zero-order valence-corrected chi connectivity index (χ0v) is 11.2. The number of hydrogen-bond donors (Lipinski definition) is 1. The lowest BCUT2D eigenvalue weighted by atomic mass is 10.1. The van der Waals surface area contributed by atoms with Crippen LogP contribution in [0.1, 0.15) is 34.6 Å². The smallest absolute Gasteiger partial charge is 0.164 e. The lowest BCUT2D eigenvalue weighted by Crippen LogP contribution is -2.30. The molecule has 1 N–H and O–H groups in total. The van der Waals surface area contributed by atoms with Gasteiger partial charge in [-0.05, 0) is 46.3 Å². The van der Waals surface area contributed by atoms with Crippen molar-refractivity contribution in [2.45, 2.75) is 64.3 Å². The second-order valence-corrected chi connectivity index (χ2v) is 6.15. The van der Waals surface area contributed by atoms with Gasteiger partial charge in [0, 0.05) is 0 Å². The summed E-state index contributed by atoms with van der Waals surface area (Å²) < 4.78 is 17.2. The molecular weight excluding hydrogens is 220 g/mol. The molecule has 2 rings (SSSR count). The quantitative estimate of drug-likeness (QED) is 0.748. The monoisotopic (exact) mass is 242 g/mol. The first-order valence-electron chi connectivity index (χ1n) is 6.06. The van der Waals surface area contributed by atoms with Crippen LogP contribution < -0.4 is 0 Å². The molecule has 17 heavy (non-hydrogen) atoms. The van der Waals surface area contributed by atoms with E-state index in [0.29, 0.717) is 6.61 Å². The number of aliphatic hydroxyl groups excluding tert-OH is 1. The molecule has 4 heteroatoms. The zero-order valence-electron chi connectivity index (χ0n) is 11.2. The van der Waals surface area contributed by atoms with Gasteiger partial charge in [-0.2, -0.15) is 0 Å². The summed E-state index contributed by atoms with van der Waals surface area (Å²) in [5.74, 6) is -0.627. The van der Waals surface area contributed by atoms with Crippen LogP contribution in [0.4, 0.5) is 0 Å². The van der Waals surface area contributed by atoms with Gasteiger partial charge in [-0.1, -0.05) is 0 Å². The number of aliphatic hydroxyl groups is 1. The van der Waals surface area contributed by atoms with Crippen LogP contribution >= 0.6 is 0 Å². The molecular formula is C13H22O4. The van der Waals surface area contributed by atoms with Crippen molar-refractivity contribution in [3.8, 4) is 0 Å². The Balaban J connectivity index is 2.02. The first kappa shape index (κ1) is 13.0. The Kier molecular flexibility index (Phi) is 3.11. The van der Waals surface area contributed by atoms with Gasteiger partial charge in [-0.15, -0.1) is 0 Å². The van der Waals surface area contributed by atoms with Crippen molar-refractivity contribution in [3.05, 3.63) is 11.6 Å². The SMILES string of the molecule is CC(C)(C)OCC1=CC(O)C2OC(C)(C)OC12. The normalized spacial score (nSPS) is 35.9. The first-order valence-corrected chi connectivity index (χ1v) is 6.06. The van der Waals surface area contributed by atoms with E-state index in [0.717, 1.165) is 5.57 Å². The predicted molar refractivity (Wildman–Crippen MR) is 63.6 cm³/mol. The van der Waals surface area contributed by atoms with Gasteiger partial charge in [0.05, 0.1) is 12.2 Å². The summed E-state index contributed by atoms with van der Waals surface area (Å²) in [6.45, 7) is 10.2. The molecule has 0 aromatic heterocycles. The van der Waals surface area contributed by atoms with Crippen molar-refractivity contribution in [1.29, 1.82) is 0 Å². The van der Waals surface area contributed by atoms with Gasteiger partial charge in [0.25, 0.3) is 0 Å². The zero-order chi connectivity index (χ0) is 12.8. The molecule has 0 aromatic rings. The maximum Gasteiger partial charge on any atom is 0.164 e. The molecule has 0 spiro atoms. The molecule has 98 valence electrons. The van der Waals surface area contributed by atoms with Gasteiger partial charge in [0.15, 0.2) is 5.79 Å². The summed E-state index contributed by atoms with van der Waals surface area (Å²) in [6.07, 6.45) is 0.724. The summed E-state index contributed by atoms with van der Waals surface area (Å²) in [7, 11) is 0. The van der Waals surface area contributed by atoms with Crippen molar-refractivity contribution in [1.82, 2.24) is 0 Å². The van der Waals surface area contributed by atoms with Gasteiger partial charge in [-0.3, -0.25) is 0 Å². The highest BCUT2D eigenvalue weighted by Crippen LogP contribution is 2.38. The highest BCUT2D eigenvalue weighted by Gasteiger charge is 2.49. The van der Waals surface area contributed by atoms with E-state index in [2.05, 4.69) is 0 Å². The van der Waals surface area contributed by atoms with Crippen LogP contribution in [0.25, 0.3) is 0 Å². The minimum Gasteiger partial charge on any atom is -0.386 e. The third kappa shape index (κ3) is 2.88. The Morgan fingerprint density at radius 3 is 2.59 bits per heavy atom. The van der Waals surface area contributed by atoms with Crippen LogP contribution in [-0.2, 0) is 14.2 Å². The maximum atomic E-state index is 9.89. The van der Waals surface area contributed by atoms with Crippen molar-refractivity contribution in [3.63, 3.8) is 0 Å². The molecule has 4 nitrogen and oxygen atoms in total. The summed E-state index contributed by atoms with van der Waals surface area (Å²) in [5, 5.41) is 9.89. The Hall–Kier alpha value is -0.420. The highest BCUT2D eigenvalue weighted by atomic mass is 16.8. The van der Waals surface area contributed by atoms with E-state index in [1.165, 1.54) is 0 Å². The third-order valence-corrected chi connectivity index (χ3v) is 2.89. The van der Waals surface area contributed by atoms with Crippen LogP contribution in [0.3, 0.4) is 0 Å². The van der Waals surface area contributed by atoms with Crippen molar-refractivity contribution >= 4 is 0 Å². The minimum atomic E-state index is -0.627. The van der Waals surface area contributed by atoms with E-state index in [9.17, 15) is 5.11 Å². The average Bonchev–Trinajstić information content (AvgIpc) is 2.58. The molecule has 3 atom stereocenters. The average molecular weight is 242 g/mol. The Morgan fingerprint density at radius 2 is 2.00 bits per heavy atom. The van der Waals surface area contributed by atoms with Crippen molar-refractivity contribution < 1.29 is 19.3 Å². The fraction of sp³-hybridized carbons (Fsp3) is 0.846. The summed E-state index contributed by atoms with van der Waals surface area (Å²) in [5.41, 5.74) is 0.779. The molecule has 1 fully saturated rings. The third-order valence-electron chi connectivity index (χ3n) is 2.89. The van der Waals surface area contributed by atoms with E-state index in [-0.39, 0.29) is 17.8 Å². The Bertz CT molecular complexity index is 327. The van der Waals surface area contributed by atoms with Crippen LogP contribution in [-0.4, -0.2) is 41.4 Å². The molecule has 1 saturated heterocycles. The van der Waals surface area contributed by atoms with Crippen molar-refractivity contribution in [2.24, 2.45) is 0 Å². The molecule has 0 amide bonds. The van der Waals surface area contributed by atoms with Crippen LogP contribution in [0.5, 0.6) is 0 Å². The van der Waals surface area contributed by atoms with Crippen LogP contribution in [0.15, 0.2) is 11.6 Å². The maximum absolute atomic E-state index is 9.89. The van der Waals surface area contributed by atoms with E-state index >= 15 is 0 Å². The number of fused-ring (bicyclic) bond motifs is 1. The highest BCUT2D eigenvalue weighted by molar-refractivity contribution is 5.25. The Morgan fingerprint density at radius 1 is 1.35 bits per heavy atom. The molecule has 1 aliphatic heterocycles. The molecule has 2 aliphatic rings. The molecule has 0 radical (unpaired) electrons. The largest absolute Gasteiger partial charge is 0.386 e. The van der Waals surface area contributed by atoms with E-state index in [4.69, 9.17) is 14.2 Å². The van der Waals surface area contributed by atoms with Gasteiger partial charge in [-0.25, -0.2) is 0 Å². The second-order valence-electron chi connectivity index (χ2n) is 6.15. The number of ether oxygens (including phenoxy) is 3. The molecule has 0 aromatic carbocycles. The summed E-state index contributed by atoms with van der Waals surface area (Å²) in [4.78, 5) is 0. The van der Waals surface area contributed by atoms with Crippen LogP contribution in [0, 0.1) is 0 Å². The second kappa shape index (κ2) is 4.05. The molecule has 0 saturated carbocycles. The first-order chi connectivity index (χ1) is 7.68. The number of rotatable bonds is 2. The fourth-order valence-corrected chi connectivity index (χ4v) is 2.16. The Labute approximate surface area is 103 Å². The molecule has 1 aliphatic carbocycles. The minimum absolute atomic E-state index is 0.178. The standard InChI is InChI=1S/C13H22O4/c1-12(2,3)15-7-8-6-9(14)11-10(8)16-13(4,5)17-11/h6,9-11,14H,7H2,1-5H3. The predicted octanol–water partition coefficient (Wildman–Crippen LogP) is 1.62. The molecule has 0 bridgehead atoms. The van der Waals surface area contributed by atoms with E-state index in [1.54, 1.807) is 6.08 Å². The fourth-order valence-electron chi connectivity index (χ4n) is 2.16. The van der Waals surface area contributed by atoms with Crippen LogP contribution in [0.2, 0.25) is 0 Å². The van der Waals surface area contributed by atoms with Gasteiger partial charge >= 0.3 is 0 Å². The van der Waals surface area contributed by atoms with Gasteiger partial charge in [0.2, 0.25) is 0 Å². The molecule has 3 unspecified atom stereocenters. The van der Waals surface area contributed by atoms with E-state index < -0.39 is 11.9 Å². The summed E-state index contributed by atoms with van der Waals surface area (Å²) >= 11 is 0. The lowest BCUT2D eigenvalue weighted by molar-refractivity contribution is -0.153. The van der Waals surface area contributed by atoms with Crippen molar-refractivity contribution in [2.75, 3.05) is 6.61 Å². The topological polar surface area (TPSA) is 47.9 Å². The lowest BCUT2D eigenvalue weighted by Gasteiger charge is -2.22. The van der Waals surface area contributed by atoms with Gasteiger partial charge < -0.3 is 19.3 Å². The molecule has 1 heterocycles.